The zero-order chi connectivity index (χ0) is 11.9. The van der Waals surface area contributed by atoms with Crippen molar-refractivity contribution < 1.29 is 4.79 Å². The van der Waals surface area contributed by atoms with Crippen molar-refractivity contribution in [1.29, 1.82) is 0 Å². The van der Waals surface area contributed by atoms with E-state index in [4.69, 9.17) is 0 Å². The van der Waals surface area contributed by atoms with Crippen LogP contribution in [0.15, 0.2) is 6.33 Å². The van der Waals surface area contributed by atoms with Crippen LogP contribution in [-0.2, 0) is 11.2 Å². The van der Waals surface area contributed by atoms with Crippen LogP contribution in [0.25, 0.3) is 0 Å². The van der Waals surface area contributed by atoms with E-state index in [1.165, 1.54) is 19.2 Å². The van der Waals surface area contributed by atoms with E-state index in [1.807, 2.05) is 0 Å². The molecule has 1 fully saturated rings. The molecule has 6 heteroatoms. The van der Waals surface area contributed by atoms with Crippen LogP contribution in [0, 0.1) is 0 Å². The van der Waals surface area contributed by atoms with E-state index in [-0.39, 0.29) is 11.2 Å². The van der Waals surface area contributed by atoms with E-state index < -0.39 is 0 Å². The van der Waals surface area contributed by atoms with Crippen molar-refractivity contribution in [3.05, 3.63) is 12.2 Å². The van der Waals surface area contributed by atoms with Crippen LogP contribution in [0.2, 0.25) is 0 Å². The molecule has 1 saturated heterocycles. The fourth-order valence-electron chi connectivity index (χ4n) is 1.88. The molecule has 1 amide bonds. The Hall–Kier alpha value is -1.04. The van der Waals surface area contributed by atoms with Gasteiger partial charge in [0, 0.05) is 13.0 Å². The maximum atomic E-state index is 11.8. The Balaban J connectivity index is 1.59. The molecule has 0 aromatic carbocycles. The van der Waals surface area contributed by atoms with E-state index in [9.17, 15) is 4.79 Å². The Bertz CT molecular complexity index is 335. The summed E-state index contributed by atoms with van der Waals surface area (Å²) in [7, 11) is 0. The van der Waals surface area contributed by atoms with Crippen molar-refractivity contribution in [2.24, 2.45) is 0 Å². The smallest absolute Gasteiger partial charge is 0.233 e. The Morgan fingerprint density at radius 3 is 3.24 bits per heavy atom. The minimum absolute atomic E-state index is 0.175. The van der Waals surface area contributed by atoms with Gasteiger partial charge in [-0.05, 0) is 25.0 Å². The van der Waals surface area contributed by atoms with Gasteiger partial charge in [0.25, 0.3) is 0 Å². The van der Waals surface area contributed by atoms with Gasteiger partial charge in [-0.3, -0.25) is 9.89 Å². The van der Waals surface area contributed by atoms with Gasteiger partial charge in [0.2, 0.25) is 5.91 Å². The second-order valence-corrected chi connectivity index (χ2v) is 5.49. The molecular formula is C11H18N4OS. The summed E-state index contributed by atoms with van der Waals surface area (Å²) in [6.07, 6.45) is 6.70. The summed E-state index contributed by atoms with van der Waals surface area (Å²) in [5.41, 5.74) is 0. The summed E-state index contributed by atoms with van der Waals surface area (Å²) in [4.78, 5) is 15.8. The number of nitrogens with zero attached hydrogens (tertiary/aromatic N) is 2. The summed E-state index contributed by atoms with van der Waals surface area (Å²) >= 11 is 1.79. The average Bonchev–Trinajstić information content (AvgIpc) is 2.88. The van der Waals surface area contributed by atoms with Gasteiger partial charge in [0.15, 0.2) is 0 Å². The third-order valence-electron chi connectivity index (χ3n) is 2.83. The van der Waals surface area contributed by atoms with Crippen molar-refractivity contribution in [1.82, 2.24) is 20.5 Å². The monoisotopic (exact) mass is 254 g/mol. The van der Waals surface area contributed by atoms with Gasteiger partial charge in [-0.1, -0.05) is 6.42 Å². The van der Waals surface area contributed by atoms with Crippen molar-refractivity contribution in [3.63, 3.8) is 0 Å². The molecule has 17 heavy (non-hydrogen) atoms. The van der Waals surface area contributed by atoms with Gasteiger partial charge in [-0.15, -0.1) is 11.8 Å². The lowest BCUT2D eigenvalue weighted by molar-refractivity contribution is -0.120. The van der Waals surface area contributed by atoms with E-state index in [0.717, 1.165) is 37.4 Å². The molecule has 1 atom stereocenters. The number of carbonyl (C=O) groups excluding carboxylic acids is 1. The summed E-state index contributed by atoms with van der Waals surface area (Å²) < 4.78 is 0. The number of aromatic amines is 1. The average molecular weight is 254 g/mol. The summed E-state index contributed by atoms with van der Waals surface area (Å²) in [6, 6.07) is 0. The van der Waals surface area contributed by atoms with Crippen LogP contribution >= 0.6 is 11.8 Å². The highest BCUT2D eigenvalue weighted by Crippen LogP contribution is 2.24. The molecule has 0 bridgehead atoms. The number of H-pyrrole nitrogens is 1. The highest BCUT2D eigenvalue weighted by molar-refractivity contribution is 8.00. The topological polar surface area (TPSA) is 70.7 Å². The molecule has 1 aliphatic rings. The Labute approximate surface area is 105 Å². The van der Waals surface area contributed by atoms with E-state index >= 15 is 0 Å². The standard InChI is InChI=1S/C11H18N4OS/c16-11(9-4-1-2-7-17-9)12-6-3-5-10-13-8-14-15-10/h8-9H,1-7H2,(H,12,16)(H,13,14,15). The van der Waals surface area contributed by atoms with Gasteiger partial charge < -0.3 is 5.32 Å². The van der Waals surface area contributed by atoms with Gasteiger partial charge >= 0.3 is 0 Å². The highest BCUT2D eigenvalue weighted by atomic mass is 32.2. The fourth-order valence-corrected chi connectivity index (χ4v) is 3.10. The van der Waals surface area contributed by atoms with Crippen LogP contribution < -0.4 is 5.32 Å². The van der Waals surface area contributed by atoms with Crippen LogP contribution in [0.3, 0.4) is 0 Å². The number of rotatable bonds is 5. The van der Waals surface area contributed by atoms with E-state index in [2.05, 4.69) is 20.5 Å². The Morgan fingerprint density at radius 1 is 1.59 bits per heavy atom. The van der Waals surface area contributed by atoms with Gasteiger partial charge in [-0.2, -0.15) is 5.10 Å². The lowest BCUT2D eigenvalue weighted by atomic mass is 10.2. The predicted octanol–water partition coefficient (Wildman–Crippen LogP) is 1.14. The zero-order valence-corrected chi connectivity index (χ0v) is 10.6. The maximum Gasteiger partial charge on any atom is 0.233 e. The first-order valence-electron chi connectivity index (χ1n) is 6.10. The summed E-state index contributed by atoms with van der Waals surface area (Å²) in [6.45, 7) is 0.719. The first-order chi connectivity index (χ1) is 8.36. The van der Waals surface area contributed by atoms with Crippen LogP contribution in [0.5, 0.6) is 0 Å². The van der Waals surface area contributed by atoms with Crippen molar-refractivity contribution in [3.8, 4) is 0 Å². The zero-order valence-electron chi connectivity index (χ0n) is 9.82. The Kier molecular flexibility index (Phi) is 4.85. The molecular weight excluding hydrogens is 236 g/mol. The Morgan fingerprint density at radius 2 is 2.53 bits per heavy atom. The molecule has 0 spiro atoms. The first-order valence-corrected chi connectivity index (χ1v) is 7.14. The van der Waals surface area contributed by atoms with Crippen molar-refractivity contribution in [2.45, 2.75) is 37.4 Å². The largest absolute Gasteiger partial charge is 0.355 e. The minimum atomic E-state index is 0.175. The molecule has 2 heterocycles. The SMILES string of the molecule is O=C(NCCCc1ncn[nH]1)C1CCCCS1. The van der Waals surface area contributed by atoms with Crippen LogP contribution in [-0.4, -0.2) is 38.6 Å². The molecule has 1 aromatic rings. The molecule has 1 unspecified atom stereocenters. The molecule has 94 valence electrons. The minimum Gasteiger partial charge on any atom is -0.355 e. The third-order valence-corrected chi connectivity index (χ3v) is 4.20. The summed E-state index contributed by atoms with van der Waals surface area (Å²) in [5.74, 6) is 2.20. The number of amides is 1. The number of aryl methyl sites for hydroxylation is 1. The molecule has 0 radical (unpaired) electrons. The van der Waals surface area contributed by atoms with Crippen LogP contribution in [0.1, 0.15) is 31.5 Å². The number of aromatic nitrogens is 3. The second kappa shape index (κ2) is 6.64. The number of hydrogen-bond donors (Lipinski definition) is 2. The highest BCUT2D eigenvalue weighted by Gasteiger charge is 2.20. The van der Waals surface area contributed by atoms with E-state index in [0.29, 0.717) is 0 Å². The number of hydrogen-bond acceptors (Lipinski definition) is 4. The number of carbonyl (C=O) groups is 1. The maximum absolute atomic E-state index is 11.8. The first kappa shape index (κ1) is 12.4. The quantitative estimate of drug-likeness (QED) is 0.773. The molecule has 5 nitrogen and oxygen atoms in total. The van der Waals surface area contributed by atoms with Crippen molar-refractivity contribution in [2.75, 3.05) is 12.3 Å². The fraction of sp³-hybridized carbons (Fsp3) is 0.727. The molecule has 0 aliphatic carbocycles. The number of thioether (sulfide) groups is 1. The van der Waals surface area contributed by atoms with Gasteiger partial charge in [0.1, 0.15) is 12.2 Å². The molecule has 1 aliphatic heterocycles. The van der Waals surface area contributed by atoms with Crippen molar-refractivity contribution >= 4 is 17.7 Å². The van der Waals surface area contributed by atoms with E-state index in [1.54, 1.807) is 11.8 Å². The molecule has 2 rings (SSSR count). The molecule has 2 N–H and O–H groups in total. The summed E-state index contributed by atoms with van der Waals surface area (Å²) in [5, 5.41) is 9.76. The van der Waals surface area contributed by atoms with Gasteiger partial charge in [-0.25, -0.2) is 4.98 Å². The predicted molar refractivity (Wildman–Crippen MR) is 67.8 cm³/mol. The number of nitrogens with one attached hydrogen (secondary N) is 2. The lowest BCUT2D eigenvalue weighted by Crippen LogP contribution is -2.34. The third kappa shape index (κ3) is 4.03. The van der Waals surface area contributed by atoms with Crippen LogP contribution in [0.4, 0.5) is 0 Å². The second-order valence-electron chi connectivity index (χ2n) is 4.18. The normalized spacial score (nSPS) is 20.1. The van der Waals surface area contributed by atoms with Gasteiger partial charge in [0.05, 0.1) is 5.25 Å². The molecule has 1 aromatic heterocycles. The lowest BCUT2D eigenvalue weighted by Gasteiger charge is -2.20. The molecule has 0 saturated carbocycles.